The van der Waals surface area contributed by atoms with Crippen LogP contribution in [0.1, 0.15) is 47.0 Å². The molecule has 1 aliphatic heterocycles. The van der Waals surface area contributed by atoms with Gasteiger partial charge in [-0.05, 0) is 37.6 Å². The highest BCUT2D eigenvalue weighted by molar-refractivity contribution is 9.11. The Bertz CT molecular complexity index is 459. The first-order valence-electron chi connectivity index (χ1n) is 6.95. The van der Waals surface area contributed by atoms with Gasteiger partial charge in [0.15, 0.2) is 0 Å². The second-order valence-electron chi connectivity index (χ2n) is 7.32. The molecule has 1 saturated heterocycles. The Hall–Kier alpha value is 0.760. The zero-order chi connectivity index (χ0) is 14.3. The van der Waals surface area contributed by atoms with Crippen LogP contribution in [0.15, 0.2) is 10.6 Å². The van der Waals surface area contributed by atoms with Crippen LogP contribution in [0.2, 0.25) is 0 Å². The van der Waals surface area contributed by atoms with Gasteiger partial charge in [0.1, 0.15) is 0 Å². The lowest BCUT2D eigenvalue weighted by atomic mass is 9.49. The average Bonchev–Trinajstić information content (AvgIpc) is 2.58. The number of ether oxygens (including phenoxy) is 1. The van der Waals surface area contributed by atoms with Crippen molar-refractivity contribution >= 4 is 39.1 Å². The third-order valence-electron chi connectivity index (χ3n) is 6.20. The molecule has 108 valence electrons. The Kier molecular flexibility index (Phi) is 3.04. The standard InChI is InChI=1S/C15H21BrCl2O/c1-12(2)9(16)7-10(17)14(4)15(12)6-5-13(3,18)11(8-15)19-14/h7,10-11H,5-6,8H2,1-4H3/t10-,11+,13+,14+,15+/m0/s1. The summed E-state index contributed by atoms with van der Waals surface area (Å²) >= 11 is 17.1. The highest BCUT2D eigenvalue weighted by atomic mass is 79.9. The van der Waals surface area contributed by atoms with Crippen molar-refractivity contribution in [3.05, 3.63) is 10.6 Å². The first-order chi connectivity index (χ1) is 8.57. The smallest absolute Gasteiger partial charge is 0.0922 e. The molecular weight excluding hydrogens is 347 g/mol. The van der Waals surface area contributed by atoms with E-state index in [1.165, 1.54) is 4.48 Å². The van der Waals surface area contributed by atoms with Crippen LogP contribution in [0, 0.1) is 10.8 Å². The molecule has 1 spiro atoms. The van der Waals surface area contributed by atoms with Crippen LogP contribution in [0.25, 0.3) is 0 Å². The first kappa shape index (κ1) is 14.7. The van der Waals surface area contributed by atoms with E-state index >= 15 is 0 Å². The van der Waals surface area contributed by atoms with E-state index in [-0.39, 0.29) is 32.8 Å². The molecule has 0 amide bonds. The quantitative estimate of drug-likeness (QED) is 0.532. The van der Waals surface area contributed by atoms with E-state index in [1.807, 2.05) is 0 Å². The van der Waals surface area contributed by atoms with Crippen molar-refractivity contribution in [3.8, 4) is 0 Å². The lowest BCUT2D eigenvalue weighted by Gasteiger charge is -2.57. The Morgan fingerprint density at radius 1 is 1.26 bits per heavy atom. The molecule has 2 fully saturated rings. The molecule has 1 heterocycles. The molecular formula is C15H21BrCl2O. The topological polar surface area (TPSA) is 9.23 Å². The predicted octanol–water partition coefficient (Wildman–Crippen LogP) is 5.24. The molecule has 0 radical (unpaired) electrons. The second-order valence-corrected chi connectivity index (χ2v) is 9.51. The van der Waals surface area contributed by atoms with Crippen LogP contribution >= 0.6 is 39.1 Å². The SMILES string of the molecule is CC1(C)C(Br)=C[C@H](Cl)[C@@]2(C)O[C@@H]3C[C@]12CC[C@@]3(C)Cl. The largest absolute Gasteiger partial charge is 0.368 e. The Morgan fingerprint density at radius 3 is 2.53 bits per heavy atom. The molecule has 5 atom stereocenters. The number of fused-ring (bicyclic) bond motifs is 1. The minimum Gasteiger partial charge on any atom is -0.368 e. The lowest BCUT2D eigenvalue weighted by Crippen LogP contribution is -2.59. The van der Waals surface area contributed by atoms with Crippen LogP contribution in [0.3, 0.4) is 0 Å². The zero-order valence-corrected chi connectivity index (χ0v) is 15.0. The maximum atomic E-state index is 6.67. The van der Waals surface area contributed by atoms with Crippen molar-refractivity contribution in [2.45, 2.75) is 68.9 Å². The maximum absolute atomic E-state index is 6.67. The highest BCUT2D eigenvalue weighted by Crippen LogP contribution is 2.71. The van der Waals surface area contributed by atoms with E-state index in [2.05, 4.69) is 49.7 Å². The normalized spacial score (nSPS) is 55.6. The molecule has 19 heavy (non-hydrogen) atoms. The van der Waals surface area contributed by atoms with Gasteiger partial charge in [0, 0.05) is 10.8 Å². The maximum Gasteiger partial charge on any atom is 0.0922 e. The molecule has 0 aromatic heterocycles. The lowest BCUT2D eigenvalue weighted by molar-refractivity contribution is -0.100. The second kappa shape index (κ2) is 3.94. The van der Waals surface area contributed by atoms with Crippen molar-refractivity contribution in [1.82, 2.24) is 0 Å². The molecule has 2 bridgehead atoms. The van der Waals surface area contributed by atoms with Crippen LogP contribution in [-0.4, -0.2) is 22.0 Å². The van der Waals surface area contributed by atoms with Gasteiger partial charge in [-0.3, -0.25) is 0 Å². The van der Waals surface area contributed by atoms with Crippen molar-refractivity contribution < 1.29 is 4.74 Å². The van der Waals surface area contributed by atoms with Crippen LogP contribution < -0.4 is 0 Å². The predicted molar refractivity (Wildman–Crippen MR) is 84.3 cm³/mol. The van der Waals surface area contributed by atoms with Gasteiger partial charge in [-0.1, -0.05) is 35.9 Å². The molecule has 3 rings (SSSR count). The molecule has 2 aliphatic carbocycles. The zero-order valence-electron chi connectivity index (χ0n) is 11.9. The van der Waals surface area contributed by atoms with Crippen LogP contribution in [0.5, 0.6) is 0 Å². The summed E-state index contributed by atoms with van der Waals surface area (Å²) in [6, 6.07) is 0. The summed E-state index contributed by atoms with van der Waals surface area (Å²) in [7, 11) is 0. The monoisotopic (exact) mass is 366 g/mol. The molecule has 1 nitrogen and oxygen atoms in total. The number of halogens is 3. The summed E-state index contributed by atoms with van der Waals surface area (Å²) in [4.78, 5) is -0.259. The molecule has 4 heteroatoms. The summed E-state index contributed by atoms with van der Waals surface area (Å²) in [5.74, 6) is 0. The van der Waals surface area contributed by atoms with E-state index in [4.69, 9.17) is 27.9 Å². The fourth-order valence-electron chi connectivity index (χ4n) is 4.52. The summed E-state index contributed by atoms with van der Waals surface area (Å²) < 4.78 is 7.66. The third kappa shape index (κ3) is 1.58. The van der Waals surface area contributed by atoms with Gasteiger partial charge in [0.2, 0.25) is 0 Å². The molecule has 1 saturated carbocycles. The summed E-state index contributed by atoms with van der Waals surface area (Å²) in [6.45, 7) is 8.89. The molecule has 3 aliphatic rings. The van der Waals surface area contributed by atoms with E-state index in [0.717, 1.165) is 19.3 Å². The number of hydrogen-bond acceptors (Lipinski definition) is 1. The van der Waals surface area contributed by atoms with Crippen molar-refractivity contribution in [3.63, 3.8) is 0 Å². The van der Waals surface area contributed by atoms with E-state index < -0.39 is 0 Å². The summed E-state index contributed by atoms with van der Waals surface area (Å²) in [5, 5.41) is -0.106. The van der Waals surface area contributed by atoms with Gasteiger partial charge in [-0.15, -0.1) is 23.2 Å². The first-order valence-corrected chi connectivity index (χ1v) is 8.56. The number of rotatable bonds is 0. The van der Waals surface area contributed by atoms with Crippen molar-refractivity contribution in [1.29, 1.82) is 0 Å². The van der Waals surface area contributed by atoms with E-state index in [9.17, 15) is 0 Å². The van der Waals surface area contributed by atoms with Crippen molar-refractivity contribution in [2.24, 2.45) is 10.8 Å². The highest BCUT2D eigenvalue weighted by Gasteiger charge is 2.71. The van der Waals surface area contributed by atoms with Crippen LogP contribution in [-0.2, 0) is 4.74 Å². The summed E-state index contributed by atoms with van der Waals surface area (Å²) in [5.41, 5.74) is -0.221. The van der Waals surface area contributed by atoms with Crippen LogP contribution in [0.4, 0.5) is 0 Å². The van der Waals surface area contributed by atoms with Gasteiger partial charge < -0.3 is 4.74 Å². The minimum atomic E-state index is -0.327. The molecule has 0 aromatic carbocycles. The van der Waals surface area contributed by atoms with Gasteiger partial charge in [0.25, 0.3) is 0 Å². The third-order valence-corrected chi connectivity index (χ3v) is 8.43. The number of allylic oxidation sites excluding steroid dienone is 1. The number of hydrogen-bond donors (Lipinski definition) is 0. The van der Waals surface area contributed by atoms with Crippen molar-refractivity contribution in [2.75, 3.05) is 0 Å². The van der Waals surface area contributed by atoms with E-state index in [1.54, 1.807) is 0 Å². The van der Waals surface area contributed by atoms with Gasteiger partial charge in [-0.25, -0.2) is 0 Å². The molecule has 0 unspecified atom stereocenters. The fraction of sp³-hybridized carbons (Fsp3) is 0.867. The van der Waals surface area contributed by atoms with Gasteiger partial charge >= 0.3 is 0 Å². The Morgan fingerprint density at radius 2 is 1.89 bits per heavy atom. The Labute approximate surface area is 134 Å². The molecule has 0 N–H and O–H groups in total. The number of alkyl halides is 2. The fourth-order valence-corrected chi connectivity index (χ4v) is 5.91. The van der Waals surface area contributed by atoms with Gasteiger partial charge in [0.05, 0.1) is 22.0 Å². The Balaban J connectivity index is 2.17. The minimum absolute atomic E-state index is 0.0370. The van der Waals surface area contributed by atoms with Gasteiger partial charge in [-0.2, -0.15) is 0 Å². The van der Waals surface area contributed by atoms with E-state index in [0.29, 0.717) is 0 Å². The summed E-state index contributed by atoms with van der Waals surface area (Å²) in [6.07, 6.45) is 5.27. The molecule has 0 aromatic rings. The average molecular weight is 368 g/mol.